The molecule has 0 bridgehead atoms. The Balaban J connectivity index is -0.000000112. The molecule has 0 aliphatic heterocycles. The maximum atomic E-state index is 7.33. The second kappa shape index (κ2) is 9.21. The summed E-state index contributed by atoms with van der Waals surface area (Å²) in [6.07, 6.45) is 0. The van der Waals surface area contributed by atoms with Gasteiger partial charge in [0.1, 0.15) is 0 Å². The van der Waals surface area contributed by atoms with Gasteiger partial charge in [0, 0.05) is 0 Å². The monoisotopic (exact) mass is 242 g/mol. The van der Waals surface area contributed by atoms with Crippen LogP contribution in [0.5, 0.6) is 0 Å². The van der Waals surface area contributed by atoms with Crippen molar-refractivity contribution in [3.8, 4) is 0 Å². The summed E-state index contributed by atoms with van der Waals surface area (Å²) in [6, 6.07) is 0. The van der Waals surface area contributed by atoms with Gasteiger partial charge in [-0.3, -0.25) is 0 Å². The predicted octanol–water partition coefficient (Wildman–Crippen LogP) is -5.98. The summed E-state index contributed by atoms with van der Waals surface area (Å²) >= 11 is 3.78. The van der Waals surface area contributed by atoms with Crippen LogP contribution in [0.4, 0.5) is 0 Å². The Hall–Kier alpha value is 1.65. The van der Waals surface area contributed by atoms with E-state index in [1.54, 1.807) is 0 Å². The summed E-state index contributed by atoms with van der Waals surface area (Å²) in [6.45, 7) is 0. The molecule has 0 saturated heterocycles. The Bertz CT molecular complexity index is 60.0. The fourth-order valence-electron chi connectivity index (χ4n) is 0. The fourth-order valence-corrected chi connectivity index (χ4v) is 0. The third-order valence-corrected chi connectivity index (χ3v) is 0. The van der Waals surface area contributed by atoms with Crippen LogP contribution in [0.25, 0.3) is 0 Å². The second-order valence-corrected chi connectivity index (χ2v) is 3.60. The normalized spacial score (nSPS) is 10.5. The molecule has 0 aliphatic rings. The van der Waals surface area contributed by atoms with E-state index in [-0.39, 0.29) is 0 Å². The molecule has 68 valence electrons. The summed E-state index contributed by atoms with van der Waals surface area (Å²) in [4.78, 5) is 58.6. The van der Waals surface area contributed by atoms with Crippen molar-refractivity contribution >= 4 is 55.2 Å². The Kier molecular flexibility index (Phi) is 14.8. The van der Waals surface area contributed by atoms with Gasteiger partial charge in [0.05, 0.1) is 0 Å². The quantitative estimate of drug-likeness (QED) is 0.195. The van der Waals surface area contributed by atoms with Crippen LogP contribution < -0.4 is 0 Å². The first-order chi connectivity index (χ1) is 5.00. The summed E-state index contributed by atoms with van der Waals surface area (Å²) in [5.74, 6) is 0. The van der Waals surface area contributed by atoms with Crippen LogP contribution in [0.3, 0.4) is 0 Å². The first-order valence-corrected chi connectivity index (χ1v) is 10.6. The van der Waals surface area contributed by atoms with Crippen LogP contribution in [0.1, 0.15) is 0 Å². The Morgan fingerprint density at radius 2 is 0.583 bits per heavy atom. The summed E-state index contributed by atoms with van der Waals surface area (Å²) < 4.78 is 0. The predicted molar refractivity (Wildman–Crippen MR) is 40.8 cm³/mol. The van der Waals surface area contributed by atoms with Gasteiger partial charge in [-0.1, -0.05) is 0 Å². The van der Waals surface area contributed by atoms with Crippen LogP contribution in [0, 0.1) is 0 Å². The van der Waals surface area contributed by atoms with E-state index in [2.05, 4.69) is 11.8 Å². The van der Waals surface area contributed by atoms with E-state index < -0.39 is 18.1 Å². The van der Waals surface area contributed by atoms with Crippen molar-refractivity contribution in [3.63, 3.8) is 0 Å². The van der Waals surface area contributed by atoms with Crippen molar-refractivity contribution in [1.82, 2.24) is 0 Å². The molecular weight excluding hydrogens is 234 g/mol. The van der Waals surface area contributed by atoms with Crippen LogP contribution in [-0.2, 0) is 0 Å². The van der Waals surface area contributed by atoms with E-state index in [0.717, 1.165) is 0 Å². The molecule has 2 radical (unpaired) electrons. The SMILES string of the molecule is O[Si](O)(O)O.O[Si](O)(O)O.[Na][Al]. The molecule has 0 aromatic carbocycles. The Morgan fingerprint density at radius 3 is 0.583 bits per heavy atom. The topological polar surface area (TPSA) is 162 Å². The van der Waals surface area contributed by atoms with Gasteiger partial charge in [0.15, 0.2) is 0 Å². The Morgan fingerprint density at radius 1 is 0.583 bits per heavy atom. The fraction of sp³-hybridized carbons (Fsp3) is 0. The zero-order valence-electron chi connectivity index (χ0n) is 6.16. The van der Waals surface area contributed by atoms with Crippen molar-refractivity contribution < 1.29 is 38.4 Å². The molecule has 0 unspecified atom stereocenters. The first kappa shape index (κ1) is 19.3. The van der Waals surface area contributed by atoms with Gasteiger partial charge >= 0.3 is 55.2 Å². The molecule has 0 heterocycles. The third-order valence-electron chi connectivity index (χ3n) is 0. The third kappa shape index (κ3) is 487. The maximum absolute atomic E-state index is 7.33. The summed E-state index contributed by atoms with van der Waals surface area (Å²) in [7, 11) is -9.22. The molecule has 0 aromatic rings. The van der Waals surface area contributed by atoms with Crippen LogP contribution in [-0.4, -0.2) is 93.6 Å². The minimum atomic E-state index is -4.61. The van der Waals surface area contributed by atoms with Crippen molar-refractivity contribution in [1.29, 1.82) is 0 Å². The molecule has 0 saturated carbocycles. The van der Waals surface area contributed by atoms with Gasteiger partial charge in [-0.2, -0.15) is 0 Å². The molecule has 0 amide bonds. The molecule has 12 heavy (non-hydrogen) atoms. The average Bonchev–Trinajstić information content (AvgIpc) is 1.59. The molecule has 0 atom stereocenters. The molecular formula is H8AlNaO8Si2. The van der Waals surface area contributed by atoms with Crippen molar-refractivity contribution in [2.24, 2.45) is 0 Å². The second-order valence-electron chi connectivity index (χ2n) is 1.20. The van der Waals surface area contributed by atoms with Crippen molar-refractivity contribution in [2.75, 3.05) is 0 Å². The van der Waals surface area contributed by atoms with Gasteiger partial charge in [-0.15, -0.1) is 0 Å². The van der Waals surface area contributed by atoms with E-state index in [1.165, 1.54) is 25.3 Å². The van der Waals surface area contributed by atoms with E-state index in [0.29, 0.717) is 0 Å². The van der Waals surface area contributed by atoms with Gasteiger partial charge < -0.3 is 38.4 Å². The molecule has 0 rings (SSSR count). The van der Waals surface area contributed by atoms with Crippen molar-refractivity contribution in [3.05, 3.63) is 0 Å². The van der Waals surface area contributed by atoms with Gasteiger partial charge in [-0.05, 0) is 0 Å². The average molecular weight is 242 g/mol. The van der Waals surface area contributed by atoms with Crippen LogP contribution >= 0.6 is 0 Å². The Labute approximate surface area is 93.0 Å². The van der Waals surface area contributed by atoms with Gasteiger partial charge in [0.2, 0.25) is 0 Å². The summed E-state index contributed by atoms with van der Waals surface area (Å²) in [5.41, 5.74) is 0. The zero-order chi connectivity index (χ0) is 11.0. The molecule has 8 nitrogen and oxygen atoms in total. The summed E-state index contributed by atoms with van der Waals surface area (Å²) in [5, 5.41) is 0. The molecule has 0 spiro atoms. The first-order valence-electron chi connectivity index (χ1n) is 2.37. The van der Waals surface area contributed by atoms with E-state index in [9.17, 15) is 0 Å². The number of rotatable bonds is 0. The minimum absolute atomic E-state index is 1.22. The van der Waals surface area contributed by atoms with Crippen LogP contribution in [0.2, 0.25) is 0 Å². The van der Waals surface area contributed by atoms with Gasteiger partial charge in [0.25, 0.3) is 0 Å². The molecule has 0 aromatic heterocycles. The van der Waals surface area contributed by atoms with E-state index in [4.69, 9.17) is 38.4 Å². The molecule has 8 N–H and O–H groups in total. The molecule has 0 aliphatic carbocycles. The number of hydrogen-bond acceptors (Lipinski definition) is 8. The molecule has 0 fully saturated rings. The zero-order valence-corrected chi connectivity index (χ0v) is 11.3. The number of hydrogen-bond donors (Lipinski definition) is 8. The van der Waals surface area contributed by atoms with Crippen LogP contribution in [0.15, 0.2) is 0 Å². The van der Waals surface area contributed by atoms with E-state index in [1.807, 2.05) is 0 Å². The van der Waals surface area contributed by atoms with Crippen molar-refractivity contribution in [2.45, 2.75) is 0 Å². The van der Waals surface area contributed by atoms with Gasteiger partial charge in [-0.25, -0.2) is 0 Å². The standard InChI is InChI=1S/Al.Na.2H4O4Si/c;;2*1-5(2,3)4/h;;2*1-4H. The molecule has 12 heteroatoms. The van der Waals surface area contributed by atoms with E-state index >= 15 is 0 Å².